The third-order valence-corrected chi connectivity index (χ3v) is 8.00. The zero-order valence-electron chi connectivity index (χ0n) is 21.1. The molecule has 5 rings (SSSR count). The van der Waals surface area contributed by atoms with E-state index in [1.807, 2.05) is 102 Å². The molecule has 6 nitrogen and oxygen atoms in total. The highest BCUT2D eigenvalue weighted by Gasteiger charge is 2.23. The molecule has 0 aliphatic carbocycles. The van der Waals surface area contributed by atoms with Crippen LogP contribution in [0.25, 0.3) is 11.3 Å². The number of carbonyl (C=O) groups is 2. The fraction of sp³-hybridized carbons (Fsp3) is 0.0645. The molecule has 200 valence electrons. The van der Waals surface area contributed by atoms with Gasteiger partial charge in [-0.05, 0) is 54.1 Å². The molecule has 5 aromatic rings. The van der Waals surface area contributed by atoms with Gasteiger partial charge in [0.05, 0.1) is 5.69 Å². The molecule has 0 bridgehead atoms. The Labute approximate surface area is 245 Å². The average Bonchev–Trinajstić information content (AvgIpc) is 3.45. The van der Waals surface area contributed by atoms with Crippen LogP contribution in [0.1, 0.15) is 10.8 Å². The Hall–Kier alpha value is -4.11. The van der Waals surface area contributed by atoms with Crippen LogP contribution in [0.2, 0.25) is 5.02 Å². The summed E-state index contributed by atoms with van der Waals surface area (Å²) in [5, 5.41) is 8.38. The standard InChI is InChI=1S/C31H24ClN3O3S2/c32-23-13-11-21(12-14-23)27-20-39-31(34-27)35-30(37)29(22-7-3-1-4-8-22)40-26-17-15-24(16-18-26)33-28(36)19-38-25-9-5-2-6-10-25/h1-18,20,29H,19H2,(H,33,36)(H,34,35,37). The van der Waals surface area contributed by atoms with E-state index in [2.05, 4.69) is 15.6 Å². The van der Waals surface area contributed by atoms with E-state index in [0.29, 0.717) is 21.6 Å². The topological polar surface area (TPSA) is 80.3 Å². The molecular weight excluding hydrogens is 562 g/mol. The van der Waals surface area contributed by atoms with Gasteiger partial charge in [-0.1, -0.05) is 72.3 Å². The van der Waals surface area contributed by atoms with Crippen molar-refractivity contribution in [2.24, 2.45) is 0 Å². The maximum atomic E-state index is 13.5. The fourth-order valence-corrected chi connectivity index (χ4v) is 5.64. The lowest BCUT2D eigenvalue weighted by molar-refractivity contribution is -0.118. The van der Waals surface area contributed by atoms with Crippen molar-refractivity contribution in [1.82, 2.24) is 4.98 Å². The second kappa shape index (κ2) is 13.3. The Morgan fingerprint density at radius 3 is 2.23 bits per heavy atom. The van der Waals surface area contributed by atoms with Crippen LogP contribution in [0, 0.1) is 0 Å². The highest BCUT2D eigenvalue weighted by atomic mass is 35.5. The monoisotopic (exact) mass is 585 g/mol. The number of thioether (sulfide) groups is 1. The van der Waals surface area contributed by atoms with Gasteiger partial charge in [-0.2, -0.15) is 0 Å². The normalized spacial score (nSPS) is 11.4. The number of aromatic nitrogens is 1. The summed E-state index contributed by atoms with van der Waals surface area (Å²) >= 11 is 8.79. The van der Waals surface area contributed by atoms with Gasteiger partial charge in [-0.15, -0.1) is 23.1 Å². The first-order valence-corrected chi connectivity index (χ1v) is 14.5. The number of ether oxygens (including phenoxy) is 1. The summed E-state index contributed by atoms with van der Waals surface area (Å²) in [4.78, 5) is 31.2. The van der Waals surface area contributed by atoms with Gasteiger partial charge in [0, 0.05) is 26.5 Å². The lowest BCUT2D eigenvalue weighted by atomic mass is 10.1. The number of para-hydroxylation sites is 1. The average molecular weight is 586 g/mol. The number of hydrogen-bond donors (Lipinski definition) is 2. The van der Waals surface area contributed by atoms with Gasteiger partial charge in [0.2, 0.25) is 5.91 Å². The van der Waals surface area contributed by atoms with Crippen molar-refractivity contribution in [3.05, 3.63) is 125 Å². The highest BCUT2D eigenvalue weighted by molar-refractivity contribution is 8.00. The van der Waals surface area contributed by atoms with Crippen LogP contribution in [0.4, 0.5) is 10.8 Å². The maximum absolute atomic E-state index is 13.5. The SMILES string of the molecule is O=C(COc1ccccc1)Nc1ccc(SC(C(=O)Nc2nc(-c3ccc(Cl)cc3)cs2)c2ccccc2)cc1. The van der Waals surface area contributed by atoms with Crippen LogP contribution in [-0.2, 0) is 9.59 Å². The molecule has 1 heterocycles. The Morgan fingerprint density at radius 2 is 1.52 bits per heavy atom. The first-order valence-electron chi connectivity index (χ1n) is 12.4. The maximum Gasteiger partial charge on any atom is 0.262 e. The summed E-state index contributed by atoms with van der Waals surface area (Å²) in [5.41, 5.74) is 3.21. The summed E-state index contributed by atoms with van der Waals surface area (Å²) in [6.07, 6.45) is 0. The van der Waals surface area contributed by atoms with Crippen molar-refractivity contribution in [2.75, 3.05) is 17.2 Å². The van der Waals surface area contributed by atoms with Crippen molar-refractivity contribution in [1.29, 1.82) is 0 Å². The molecule has 0 radical (unpaired) electrons. The summed E-state index contributed by atoms with van der Waals surface area (Å²) < 4.78 is 5.50. The quantitative estimate of drug-likeness (QED) is 0.163. The van der Waals surface area contributed by atoms with Gasteiger partial charge in [0.15, 0.2) is 11.7 Å². The van der Waals surface area contributed by atoms with Gasteiger partial charge < -0.3 is 15.4 Å². The highest BCUT2D eigenvalue weighted by Crippen LogP contribution is 2.37. The number of hydrogen-bond acceptors (Lipinski definition) is 6. The number of carbonyl (C=O) groups excluding carboxylic acids is 2. The molecule has 0 fully saturated rings. The number of rotatable bonds is 10. The zero-order chi connectivity index (χ0) is 27.7. The lowest BCUT2D eigenvalue weighted by Gasteiger charge is -2.16. The fourth-order valence-electron chi connectivity index (χ4n) is 3.77. The molecule has 0 saturated carbocycles. The molecule has 2 N–H and O–H groups in total. The van der Waals surface area contributed by atoms with Gasteiger partial charge in [-0.25, -0.2) is 4.98 Å². The van der Waals surface area contributed by atoms with Crippen LogP contribution >= 0.6 is 34.7 Å². The summed E-state index contributed by atoms with van der Waals surface area (Å²) in [6, 6.07) is 33.6. The number of nitrogens with one attached hydrogen (secondary N) is 2. The Kier molecular flexibility index (Phi) is 9.13. The number of amides is 2. The smallest absolute Gasteiger partial charge is 0.262 e. The van der Waals surface area contributed by atoms with Gasteiger partial charge >= 0.3 is 0 Å². The molecule has 2 amide bonds. The third kappa shape index (κ3) is 7.51. The van der Waals surface area contributed by atoms with E-state index in [9.17, 15) is 9.59 Å². The summed E-state index contributed by atoms with van der Waals surface area (Å²) in [5.74, 6) is 0.199. The number of benzene rings is 4. The molecule has 1 unspecified atom stereocenters. The minimum atomic E-state index is -0.510. The molecule has 40 heavy (non-hydrogen) atoms. The largest absolute Gasteiger partial charge is 0.484 e. The first kappa shape index (κ1) is 27.5. The molecular formula is C31H24ClN3O3S2. The van der Waals surface area contributed by atoms with E-state index in [1.54, 1.807) is 12.1 Å². The molecule has 1 atom stereocenters. The van der Waals surface area contributed by atoms with Crippen molar-refractivity contribution < 1.29 is 14.3 Å². The van der Waals surface area contributed by atoms with Crippen LogP contribution in [0.15, 0.2) is 119 Å². The third-order valence-electron chi connectivity index (χ3n) is 5.72. The molecule has 4 aromatic carbocycles. The molecule has 1 aromatic heterocycles. The lowest BCUT2D eigenvalue weighted by Crippen LogP contribution is -2.20. The molecule has 0 saturated heterocycles. The predicted molar refractivity (Wildman–Crippen MR) is 163 cm³/mol. The Bertz CT molecular complexity index is 1560. The molecule has 0 aliphatic heterocycles. The Balaban J connectivity index is 1.23. The van der Waals surface area contributed by atoms with Gasteiger partial charge in [0.25, 0.3) is 5.91 Å². The van der Waals surface area contributed by atoms with Gasteiger partial charge in [-0.3, -0.25) is 9.59 Å². The predicted octanol–water partition coefficient (Wildman–Crippen LogP) is 7.95. The number of anilines is 2. The molecule has 9 heteroatoms. The molecule has 0 aliphatic rings. The van der Waals surface area contributed by atoms with E-state index in [4.69, 9.17) is 16.3 Å². The van der Waals surface area contributed by atoms with Crippen LogP contribution in [-0.4, -0.2) is 23.4 Å². The van der Waals surface area contributed by atoms with E-state index in [-0.39, 0.29) is 18.4 Å². The van der Waals surface area contributed by atoms with E-state index < -0.39 is 5.25 Å². The van der Waals surface area contributed by atoms with Crippen LogP contribution in [0.3, 0.4) is 0 Å². The van der Waals surface area contributed by atoms with Crippen molar-refractivity contribution in [2.45, 2.75) is 10.1 Å². The van der Waals surface area contributed by atoms with Crippen molar-refractivity contribution in [3.63, 3.8) is 0 Å². The minimum absolute atomic E-state index is 0.0900. The second-order valence-corrected chi connectivity index (χ2v) is 11.1. The van der Waals surface area contributed by atoms with E-state index in [0.717, 1.165) is 21.7 Å². The van der Waals surface area contributed by atoms with E-state index >= 15 is 0 Å². The van der Waals surface area contributed by atoms with E-state index in [1.165, 1.54) is 23.1 Å². The minimum Gasteiger partial charge on any atom is -0.484 e. The number of halogens is 1. The number of thiazole rings is 1. The molecule has 0 spiro atoms. The van der Waals surface area contributed by atoms with Crippen LogP contribution in [0.5, 0.6) is 5.75 Å². The van der Waals surface area contributed by atoms with Crippen LogP contribution < -0.4 is 15.4 Å². The van der Waals surface area contributed by atoms with Crippen molar-refractivity contribution in [3.8, 4) is 17.0 Å². The van der Waals surface area contributed by atoms with Crippen molar-refractivity contribution >= 4 is 57.3 Å². The summed E-state index contributed by atoms with van der Waals surface area (Å²) in [6.45, 7) is -0.0900. The first-order chi connectivity index (χ1) is 19.5. The summed E-state index contributed by atoms with van der Waals surface area (Å²) in [7, 11) is 0. The number of nitrogens with zero attached hydrogens (tertiary/aromatic N) is 1. The van der Waals surface area contributed by atoms with Gasteiger partial charge in [0.1, 0.15) is 11.0 Å². The second-order valence-electron chi connectivity index (χ2n) is 8.62. The Morgan fingerprint density at radius 1 is 0.850 bits per heavy atom. The zero-order valence-corrected chi connectivity index (χ0v) is 23.5.